The third kappa shape index (κ3) is 4.10. The fourth-order valence-electron chi connectivity index (χ4n) is 2.09. The molecule has 2 aromatic rings. The van der Waals surface area contributed by atoms with E-state index in [-0.39, 0.29) is 4.83 Å². The third-order valence-corrected chi connectivity index (χ3v) is 4.45. The van der Waals surface area contributed by atoms with Crippen LogP contribution in [0.3, 0.4) is 0 Å². The van der Waals surface area contributed by atoms with Gasteiger partial charge < -0.3 is 4.74 Å². The summed E-state index contributed by atoms with van der Waals surface area (Å²) in [6.45, 7) is 4.80. The first-order chi connectivity index (χ1) is 9.60. The maximum Gasteiger partial charge on any atom is 0.123 e. The molecule has 0 aliphatic carbocycles. The number of benzene rings is 2. The first kappa shape index (κ1) is 15.6. The minimum absolute atomic E-state index is 0.240. The van der Waals surface area contributed by atoms with Gasteiger partial charge in [-0.1, -0.05) is 61.7 Å². The molecule has 1 nitrogen and oxygen atoms in total. The van der Waals surface area contributed by atoms with Crippen LogP contribution in [-0.2, 0) is 6.42 Å². The molecule has 0 aliphatic heterocycles. The average molecular weight is 398 g/mol. The molecule has 0 amide bonds. The van der Waals surface area contributed by atoms with Crippen molar-refractivity contribution < 1.29 is 4.74 Å². The van der Waals surface area contributed by atoms with Crippen LogP contribution < -0.4 is 4.74 Å². The van der Waals surface area contributed by atoms with Crippen LogP contribution in [0.2, 0.25) is 0 Å². The van der Waals surface area contributed by atoms with E-state index in [1.165, 1.54) is 16.7 Å². The number of rotatable bonds is 5. The Morgan fingerprint density at radius 3 is 2.45 bits per heavy atom. The zero-order valence-corrected chi connectivity index (χ0v) is 14.9. The Balaban J connectivity index is 2.21. The summed E-state index contributed by atoms with van der Waals surface area (Å²) in [6, 6.07) is 14.8. The minimum atomic E-state index is 0.240. The van der Waals surface area contributed by atoms with Crippen molar-refractivity contribution in [2.45, 2.75) is 25.1 Å². The topological polar surface area (TPSA) is 9.23 Å². The molecule has 2 aromatic carbocycles. The molecular formula is C17H18Br2O. The van der Waals surface area contributed by atoms with E-state index >= 15 is 0 Å². The van der Waals surface area contributed by atoms with Crippen LogP contribution in [0.1, 0.15) is 28.4 Å². The van der Waals surface area contributed by atoms with E-state index in [1.54, 1.807) is 0 Å². The Morgan fingerprint density at radius 1 is 1.10 bits per heavy atom. The molecule has 0 radical (unpaired) electrons. The Hall–Kier alpha value is -0.800. The first-order valence-electron chi connectivity index (χ1n) is 6.72. The highest BCUT2D eigenvalue weighted by atomic mass is 79.9. The van der Waals surface area contributed by atoms with Crippen molar-refractivity contribution in [1.29, 1.82) is 0 Å². The standard InChI is InChI=1S/C17H18Br2O/c1-3-20-17-9-8-14(18)11-15(17)16(19)10-13-6-4-12(2)5-7-13/h4-9,11,16H,3,10H2,1-2H3. The predicted molar refractivity (Wildman–Crippen MR) is 91.9 cm³/mol. The summed E-state index contributed by atoms with van der Waals surface area (Å²) in [7, 11) is 0. The van der Waals surface area contributed by atoms with E-state index in [4.69, 9.17) is 4.74 Å². The molecule has 0 spiro atoms. The smallest absolute Gasteiger partial charge is 0.123 e. The summed E-state index contributed by atoms with van der Waals surface area (Å²) in [4.78, 5) is 0.240. The Bertz CT molecular complexity index is 564. The fourth-order valence-corrected chi connectivity index (χ4v) is 3.20. The molecule has 0 N–H and O–H groups in total. The van der Waals surface area contributed by atoms with Gasteiger partial charge in [-0.05, 0) is 44.0 Å². The van der Waals surface area contributed by atoms with Crippen molar-refractivity contribution in [3.05, 3.63) is 63.6 Å². The third-order valence-electron chi connectivity index (χ3n) is 3.14. The lowest BCUT2D eigenvalue weighted by Crippen LogP contribution is -2.01. The summed E-state index contributed by atoms with van der Waals surface area (Å²) in [5, 5.41) is 0. The van der Waals surface area contributed by atoms with E-state index in [1.807, 2.05) is 19.1 Å². The molecule has 0 saturated carbocycles. The summed E-state index contributed by atoms with van der Waals surface area (Å²) in [5.41, 5.74) is 3.79. The van der Waals surface area contributed by atoms with Crippen LogP contribution >= 0.6 is 31.9 Å². The lowest BCUT2D eigenvalue weighted by atomic mass is 10.0. The first-order valence-corrected chi connectivity index (χ1v) is 8.43. The van der Waals surface area contributed by atoms with Gasteiger partial charge in [-0.25, -0.2) is 0 Å². The highest BCUT2D eigenvalue weighted by Crippen LogP contribution is 2.35. The molecule has 0 aliphatic rings. The number of alkyl halides is 1. The number of halogens is 2. The molecule has 20 heavy (non-hydrogen) atoms. The summed E-state index contributed by atoms with van der Waals surface area (Å²) < 4.78 is 6.79. The SMILES string of the molecule is CCOc1ccc(Br)cc1C(Br)Cc1ccc(C)cc1. The van der Waals surface area contributed by atoms with Gasteiger partial charge in [0.15, 0.2) is 0 Å². The normalized spacial score (nSPS) is 12.2. The summed E-state index contributed by atoms with van der Waals surface area (Å²) in [5.74, 6) is 0.949. The van der Waals surface area contributed by atoms with Gasteiger partial charge >= 0.3 is 0 Å². The fraction of sp³-hybridized carbons (Fsp3) is 0.294. The van der Waals surface area contributed by atoms with Crippen LogP contribution in [0, 0.1) is 6.92 Å². The van der Waals surface area contributed by atoms with Gasteiger partial charge in [0.2, 0.25) is 0 Å². The molecular weight excluding hydrogens is 380 g/mol. The van der Waals surface area contributed by atoms with Gasteiger partial charge in [0, 0.05) is 14.9 Å². The lowest BCUT2D eigenvalue weighted by Gasteiger charge is -2.16. The molecule has 3 heteroatoms. The number of hydrogen-bond acceptors (Lipinski definition) is 1. The quantitative estimate of drug-likeness (QED) is 0.576. The van der Waals surface area contributed by atoms with Crippen molar-refractivity contribution in [2.75, 3.05) is 6.61 Å². The average Bonchev–Trinajstić information content (AvgIpc) is 2.43. The van der Waals surface area contributed by atoms with Crippen molar-refractivity contribution in [2.24, 2.45) is 0 Å². The molecule has 1 unspecified atom stereocenters. The second-order valence-electron chi connectivity index (χ2n) is 4.77. The van der Waals surface area contributed by atoms with Crippen molar-refractivity contribution in [3.63, 3.8) is 0 Å². The summed E-state index contributed by atoms with van der Waals surface area (Å²) >= 11 is 7.33. The van der Waals surface area contributed by atoms with E-state index in [0.29, 0.717) is 6.61 Å². The van der Waals surface area contributed by atoms with Crippen molar-refractivity contribution in [1.82, 2.24) is 0 Å². The molecule has 0 bridgehead atoms. The second-order valence-corrected chi connectivity index (χ2v) is 6.79. The van der Waals surface area contributed by atoms with Crippen molar-refractivity contribution in [3.8, 4) is 5.75 Å². The molecule has 1 atom stereocenters. The van der Waals surface area contributed by atoms with Crippen LogP contribution in [0.15, 0.2) is 46.9 Å². The molecule has 0 aromatic heterocycles. The molecule has 2 rings (SSSR count). The lowest BCUT2D eigenvalue weighted by molar-refractivity contribution is 0.336. The zero-order chi connectivity index (χ0) is 14.5. The molecule has 0 saturated heterocycles. The minimum Gasteiger partial charge on any atom is -0.494 e. The van der Waals surface area contributed by atoms with Gasteiger partial charge in [-0.3, -0.25) is 0 Å². The van der Waals surface area contributed by atoms with E-state index in [0.717, 1.165) is 16.6 Å². The van der Waals surface area contributed by atoms with E-state index in [2.05, 4.69) is 69.1 Å². The highest BCUT2D eigenvalue weighted by Gasteiger charge is 2.14. The number of ether oxygens (including phenoxy) is 1. The molecule has 0 heterocycles. The van der Waals surface area contributed by atoms with Gasteiger partial charge in [0.25, 0.3) is 0 Å². The van der Waals surface area contributed by atoms with Gasteiger partial charge in [-0.15, -0.1) is 0 Å². The van der Waals surface area contributed by atoms with E-state index < -0.39 is 0 Å². The number of hydrogen-bond donors (Lipinski definition) is 0. The van der Waals surface area contributed by atoms with Crippen LogP contribution in [0.5, 0.6) is 5.75 Å². The van der Waals surface area contributed by atoms with Crippen LogP contribution in [-0.4, -0.2) is 6.61 Å². The molecule has 106 valence electrons. The predicted octanol–water partition coefficient (Wildman–Crippen LogP) is 5.83. The Labute approximate surface area is 137 Å². The monoisotopic (exact) mass is 396 g/mol. The van der Waals surface area contributed by atoms with E-state index in [9.17, 15) is 0 Å². The van der Waals surface area contributed by atoms with Crippen LogP contribution in [0.25, 0.3) is 0 Å². The second kappa shape index (κ2) is 7.28. The maximum absolute atomic E-state index is 5.72. The Morgan fingerprint density at radius 2 is 1.80 bits per heavy atom. The molecule has 0 fully saturated rings. The van der Waals surface area contributed by atoms with Crippen LogP contribution in [0.4, 0.5) is 0 Å². The maximum atomic E-state index is 5.72. The summed E-state index contributed by atoms with van der Waals surface area (Å²) in [6.07, 6.45) is 0.941. The van der Waals surface area contributed by atoms with Gasteiger partial charge in [0.05, 0.1) is 6.61 Å². The highest BCUT2D eigenvalue weighted by molar-refractivity contribution is 9.10. The van der Waals surface area contributed by atoms with Gasteiger partial charge in [0.1, 0.15) is 5.75 Å². The number of aryl methyl sites for hydroxylation is 1. The Kier molecular flexibility index (Phi) is 5.67. The van der Waals surface area contributed by atoms with Crippen molar-refractivity contribution >= 4 is 31.9 Å². The largest absolute Gasteiger partial charge is 0.494 e. The van der Waals surface area contributed by atoms with Gasteiger partial charge in [-0.2, -0.15) is 0 Å². The zero-order valence-electron chi connectivity index (χ0n) is 11.7.